The lowest BCUT2D eigenvalue weighted by atomic mass is 9.85. The lowest BCUT2D eigenvalue weighted by Gasteiger charge is -2.27. The Morgan fingerprint density at radius 3 is 2.83 bits per heavy atom. The maximum absolute atomic E-state index is 10.0. The predicted octanol–water partition coefficient (Wildman–Crippen LogP) is 1.23. The third-order valence-corrected chi connectivity index (χ3v) is 1.94. The third kappa shape index (κ3) is 1.92. The van der Waals surface area contributed by atoms with Gasteiger partial charge in [0.15, 0.2) is 0 Å². The van der Waals surface area contributed by atoms with Crippen molar-refractivity contribution in [2.45, 2.75) is 12.5 Å². The van der Waals surface area contributed by atoms with Crippen LogP contribution in [0.5, 0.6) is 0 Å². The maximum Gasteiger partial charge on any atom is 0.142 e. The van der Waals surface area contributed by atoms with E-state index in [9.17, 15) is 9.90 Å². The fourth-order valence-electron chi connectivity index (χ4n) is 1.16. The zero-order valence-corrected chi connectivity index (χ0v) is 6.97. The number of rotatable bonds is 2. The Balaban J connectivity index is 2.76. The fraction of sp³-hybridized carbons (Fsp3) is 0.300. The molecule has 0 spiro atoms. The van der Waals surface area contributed by atoms with E-state index < -0.39 is 5.60 Å². The summed E-state index contributed by atoms with van der Waals surface area (Å²) in [7, 11) is 0. The molecule has 1 aliphatic carbocycles. The Kier molecular flexibility index (Phi) is 2.61. The number of carbonyl (C=O) groups is 1. The molecule has 0 saturated heterocycles. The Hall–Kier alpha value is -1.15. The van der Waals surface area contributed by atoms with Crippen molar-refractivity contribution in [1.29, 1.82) is 0 Å². The SMILES string of the molecule is CC1(O)C=CC=CC1/C=C/C=O. The van der Waals surface area contributed by atoms with Crippen LogP contribution in [0.25, 0.3) is 0 Å². The molecule has 1 rings (SSSR count). The quantitative estimate of drug-likeness (QED) is 0.492. The Morgan fingerprint density at radius 2 is 2.25 bits per heavy atom. The van der Waals surface area contributed by atoms with E-state index in [1.807, 2.05) is 12.2 Å². The molecule has 0 aromatic heterocycles. The lowest BCUT2D eigenvalue weighted by Crippen LogP contribution is -2.30. The number of aliphatic hydroxyl groups is 1. The maximum atomic E-state index is 10.0. The lowest BCUT2D eigenvalue weighted by molar-refractivity contribution is -0.104. The summed E-state index contributed by atoms with van der Waals surface area (Å²) in [5, 5.41) is 9.76. The van der Waals surface area contributed by atoms with Gasteiger partial charge in [-0.2, -0.15) is 0 Å². The van der Waals surface area contributed by atoms with Crippen LogP contribution >= 0.6 is 0 Å². The normalized spacial score (nSPS) is 34.3. The van der Waals surface area contributed by atoms with Gasteiger partial charge in [0.1, 0.15) is 6.29 Å². The summed E-state index contributed by atoms with van der Waals surface area (Å²) in [4.78, 5) is 10.0. The van der Waals surface area contributed by atoms with Crippen LogP contribution in [-0.2, 0) is 4.79 Å². The summed E-state index contributed by atoms with van der Waals surface area (Å²) in [6.45, 7) is 1.72. The van der Waals surface area contributed by atoms with Crippen LogP contribution in [-0.4, -0.2) is 17.0 Å². The average Bonchev–Trinajstić information content (AvgIpc) is 2.02. The zero-order chi connectivity index (χ0) is 9.03. The number of allylic oxidation sites excluding steroid dienone is 3. The van der Waals surface area contributed by atoms with E-state index in [0.717, 1.165) is 0 Å². The van der Waals surface area contributed by atoms with Gasteiger partial charge in [0, 0.05) is 5.92 Å². The van der Waals surface area contributed by atoms with Gasteiger partial charge >= 0.3 is 0 Å². The molecule has 0 amide bonds. The largest absolute Gasteiger partial charge is 0.385 e. The highest BCUT2D eigenvalue weighted by Crippen LogP contribution is 2.24. The van der Waals surface area contributed by atoms with E-state index >= 15 is 0 Å². The second kappa shape index (κ2) is 3.50. The molecule has 0 radical (unpaired) electrons. The van der Waals surface area contributed by atoms with Crippen molar-refractivity contribution < 1.29 is 9.90 Å². The predicted molar refractivity (Wildman–Crippen MR) is 47.6 cm³/mol. The molecule has 64 valence electrons. The van der Waals surface area contributed by atoms with Crippen molar-refractivity contribution in [3.63, 3.8) is 0 Å². The number of hydrogen-bond donors (Lipinski definition) is 1. The van der Waals surface area contributed by atoms with E-state index in [-0.39, 0.29) is 5.92 Å². The van der Waals surface area contributed by atoms with Gasteiger partial charge in [-0.3, -0.25) is 4.79 Å². The van der Waals surface area contributed by atoms with Crippen LogP contribution < -0.4 is 0 Å². The van der Waals surface area contributed by atoms with Crippen molar-refractivity contribution in [1.82, 2.24) is 0 Å². The minimum Gasteiger partial charge on any atom is -0.385 e. The van der Waals surface area contributed by atoms with Crippen LogP contribution in [0.1, 0.15) is 6.92 Å². The summed E-state index contributed by atoms with van der Waals surface area (Å²) in [5.74, 6) is -0.104. The first kappa shape index (κ1) is 8.94. The molecular formula is C10H12O2. The molecule has 0 aromatic carbocycles. The highest BCUT2D eigenvalue weighted by molar-refractivity contribution is 5.64. The van der Waals surface area contributed by atoms with Crippen molar-refractivity contribution in [2.24, 2.45) is 5.92 Å². The molecule has 1 aliphatic rings. The molecule has 1 N–H and O–H groups in total. The smallest absolute Gasteiger partial charge is 0.142 e. The molecule has 2 atom stereocenters. The van der Waals surface area contributed by atoms with Crippen molar-refractivity contribution >= 4 is 6.29 Å². The minimum atomic E-state index is -0.867. The highest BCUT2D eigenvalue weighted by atomic mass is 16.3. The van der Waals surface area contributed by atoms with Gasteiger partial charge in [-0.05, 0) is 13.0 Å². The van der Waals surface area contributed by atoms with Gasteiger partial charge in [0.05, 0.1) is 5.60 Å². The van der Waals surface area contributed by atoms with Gasteiger partial charge in [0.2, 0.25) is 0 Å². The molecule has 2 heteroatoms. The van der Waals surface area contributed by atoms with E-state index in [1.54, 1.807) is 25.2 Å². The van der Waals surface area contributed by atoms with E-state index in [1.165, 1.54) is 6.08 Å². The Morgan fingerprint density at radius 1 is 1.50 bits per heavy atom. The number of aldehydes is 1. The average molecular weight is 164 g/mol. The van der Waals surface area contributed by atoms with Crippen LogP contribution in [0.15, 0.2) is 36.5 Å². The van der Waals surface area contributed by atoms with Gasteiger partial charge in [-0.15, -0.1) is 0 Å². The van der Waals surface area contributed by atoms with Crippen LogP contribution in [0.2, 0.25) is 0 Å². The van der Waals surface area contributed by atoms with E-state index in [2.05, 4.69) is 0 Å². The summed E-state index contributed by atoms with van der Waals surface area (Å²) in [6.07, 6.45) is 11.0. The topological polar surface area (TPSA) is 37.3 Å². The third-order valence-electron chi connectivity index (χ3n) is 1.94. The molecule has 0 bridgehead atoms. The van der Waals surface area contributed by atoms with Gasteiger partial charge in [-0.1, -0.05) is 30.4 Å². The summed E-state index contributed by atoms with van der Waals surface area (Å²) >= 11 is 0. The first-order valence-corrected chi connectivity index (χ1v) is 3.87. The minimum absolute atomic E-state index is 0.104. The molecule has 0 heterocycles. The molecular weight excluding hydrogens is 152 g/mol. The second-order valence-corrected chi connectivity index (χ2v) is 3.02. The van der Waals surface area contributed by atoms with Crippen molar-refractivity contribution in [3.8, 4) is 0 Å². The first-order chi connectivity index (χ1) is 5.67. The zero-order valence-electron chi connectivity index (χ0n) is 6.97. The van der Waals surface area contributed by atoms with Gasteiger partial charge < -0.3 is 5.11 Å². The molecule has 0 aliphatic heterocycles. The van der Waals surface area contributed by atoms with Gasteiger partial charge in [-0.25, -0.2) is 0 Å². The summed E-state index contributed by atoms with van der Waals surface area (Å²) in [6, 6.07) is 0. The number of hydrogen-bond acceptors (Lipinski definition) is 2. The standard InChI is InChI=1S/C10H12O2/c1-10(12)7-3-2-5-9(10)6-4-8-11/h2-9,12H,1H3/b6-4+. The highest BCUT2D eigenvalue weighted by Gasteiger charge is 2.25. The van der Waals surface area contributed by atoms with Gasteiger partial charge in [0.25, 0.3) is 0 Å². The first-order valence-electron chi connectivity index (χ1n) is 3.87. The van der Waals surface area contributed by atoms with Crippen LogP contribution in [0.4, 0.5) is 0 Å². The molecule has 0 fully saturated rings. The Labute approximate surface area is 71.9 Å². The second-order valence-electron chi connectivity index (χ2n) is 3.02. The number of carbonyl (C=O) groups excluding carboxylic acids is 1. The fourth-order valence-corrected chi connectivity index (χ4v) is 1.16. The molecule has 0 aromatic rings. The molecule has 0 saturated carbocycles. The monoisotopic (exact) mass is 164 g/mol. The summed E-state index contributed by atoms with van der Waals surface area (Å²) in [5.41, 5.74) is -0.867. The molecule has 12 heavy (non-hydrogen) atoms. The van der Waals surface area contributed by atoms with E-state index in [0.29, 0.717) is 6.29 Å². The van der Waals surface area contributed by atoms with Crippen LogP contribution in [0, 0.1) is 5.92 Å². The van der Waals surface area contributed by atoms with E-state index in [4.69, 9.17) is 0 Å². The molecule has 2 unspecified atom stereocenters. The summed E-state index contributed by atoms with van der Waals surface area (Å²) < 4.78 is 0. The van der Waals surface area contributed by atoms with Crippen molar-refractivity contribution in [3.05, 3.63) is 36.5 Å². The van der Waals surface area contributed by atoms with Crippen LogP contribution in [0.3, 0.4) is 0 Å². The molecule has 2 nitrogen and oxygen atoms in total. The Bertz CT molecular complexity index is 247. The van der Waals surface area contributed by atoms with Crippen molar-refractivity contribution in [2.75, 3.05) is 0 Å².